The molecule has 3 nitrogen and oxygen atoms in total. The zero-order chi connectivity index (χ0) is 8.48. The van der Waals surface area contributed by atoms with Gasteiger partial charge < -0.3 is 11.1 Å². The van der Waals surface area contributed by atoms with Crippen molar-refractivity contribution in [1.82, 2.24) is 5.32 Å². The molecule has 11 heavy (non-hydrogen) atoms. The van der Waals surface area contributed by atoms with Crippen molar-refractivity contribution in [2.45, 2.75) is 32.7 Å². The summed E-state index contributed by atoms with van der Waals surface area (Å²) in [4.78, 5) is 11.0. The summed E-state index contributed by atoms with van der Waals surface area (Å²) in [5.41, 5.74) is 5.72. The average molecular weight is 156 g/mol. The normalized spacial score (nSPS) is 37.4. The van der Waals surface area contributed by atoms with Gasteiger partial charge in [0.1, 0.15) is 0 Å². The molecule has 1 aliphatic rings. The van der Waals surface area contributed by atoms with Gasteiger partial charge in [0.15, 0.2) is 0 Å². The third-order valence-corrected chi connectivity index (χ3v) is 2.52. The smallest absolute Gasteiger partial charge is 0.237 e. The van der Waals surface area contributed by atoms with Crippen LogP contribution in [0.1, 0.15) is 26.7 Å². The molecule has 1 rings (SSSR count). The molecule has 2 atom stereocenters. The van der Waals surface area contributed by atoms with E-state index >= 15 is 0 Å². The van der Waals surface area contributed by atoms with Gasteiger partial charge in [-0.05, 0) is 6.42 Å². The first kappa shape index (κ1) is 8.53. The first-order valence-corrected chi connectivity index (χ1v) is 4.13. The highest BCUT2D eigenvalue weighted by molar-refractivity contribution is 5.84. The van der Waals surface area contributed by atoms with Crippen LogP contribution in [0.5, 0.6) is 0 Å². The summed E-state index contributed by atoms with van der Waals surface area (Å²) in [5, 5.41) is 2.78. The minimum absolute atomic E-state index is 0.000880. The molecule has 0 bridgehead atoms. The SMILES string of the molecule is CCCC1(C)CNC(=O)C1N. The summed E-state index contributed by atoms with van der Waals surface area (Å²) in [6.07, 6.45) is 2.10. The molecule has 0 spiro atoms. The zero-order valence-electron chi connectivity index (χ0n) is 7.18. The van der Waals surface area contributed by atoms with Crippen molar-refractivity contribution in [3.8, 4) is 0 Å². The van der Waals surface area contributed by atoms with Crippen molar-refractivity contribution in [2.75, 3.05) is 6.54 Å². The summed E-state index contributed by atoms with van der Waals surface area (Å²) < 4.78 is 0. The van der Waals surface area contributed by atoms with Crippen LogP contribution in [-0.4, -0.2) is 18.5 Å². The molecule has 1 amide bonds. The van der Waals surface area contributed by atoms with Crippen LogP contribution < -0.4 is 11.1 Å². The number of nitrogens with two attached hydrogens (primary N) is 1. The van der Waals surface area contributed by atoms with Crippen molar-refractivity contribution in [1.29, 1.82) is 0 Å². The Labute approximate surface area is 67.3 Å². The van der Waals surface area contributed by atoms with E-state index in [1.807, 2.05) is 0 Å². The summed E-state index contributed by atoms with van der Waals surface area (Å²) in [7, 11) is 0. The van der Waals surface area contributed by atoms with E-state index in [1.165, 1.54) is 0 Å². The molecule has 0 aromatic heterocycles. The lowest BCUT2D eigenvalue weighted by atomic mass is 9.81. The lowest BCUT2D eigenvalue weighted by molar-refractivity contribution is -0.120. The maximum Gasteiger partial charge on any atom is 0.237 e. The Balaban J connectivity index is 2.64. The van der Waals surface area contributed by atoms with Gasteiger partial charge in [0.05, 0.1) is 6.04 Å². The fraction of sp³-hybridized carbons (Fsp3) is 0.875. The van der Waals surface area contributed by atoms with Crippen LogP contribution in [0.3, 0.4) is 0 Å². The van der Waals surface area contributed by atoms with E-state index in [2.05, 4.69) is 19.2 Å². The van der Waals surface area contributed by atoms with Crippen LogP contribution in [0.2, 0.25) is 0 Å². The number of hydrogen-bond donors (Lipinski definition) is 2. The number of hydrogen-bond acceptors (Lipinski definition) is 2. The topological polar surface area (TPSA) is 55.1 Å². The van der Waals surface area contributed by atoms with Crippen LogP contribution >= 0.6 is 0 Å². The monoisotopic (exact) mass is 156 g/mol. The number of nitrogens with one attached hydrogen (secondary N) is 1. The Bertz CT molecular complexity index is 169. The van der Waals surface area contributed by atoms with Crippen molar-refractivity contribution in [2.24, 2.45) is 11.1 Å². The molecule has 64 valence electrons. The van der Waals surface area contributed by atoms with Gasteiger partial charge in [-0.1, -0.05) is 20.3 Å². The highest BCUT2D eigenvalue weighted by Gasteiger charge is 2.41. The predicted molar refractivity (Wildman–Crippen MR) is 44.0 cm³/mol. The van der Waals surface area contributed by atoms with Crippen molar-refractivity contribution < 1.29 is 4.79 Å². The minimum Gasteiger partial charge on any atom is -0.354 e. The van der Waals surface area contributed by atoms with Crippen molar-refractivity contribution in [3.63, 3.8) is 0 Å². The molecule has 1 saturated heterocycles. The molecule has 0 aliphatic carbocycles. The van der Waals surface area contributed by atoms with Gasteiger partial charge in [-0.15, -0.1) is 0 Å². The van der Waals surface area contributed by atoms with Crippen LogP contribution in [0.15, 0.2) is 0 Å². The van der Waals surface area contributed by atoms with E-state index in [1.54, 1.807) is 0 Å². The van der Waals surface area contributed by atoms with E-state index in [-0.39, 0.29) is 17.4 Å². The van der Waals surface area contributed by atoms with Crippen molar-refractivity contribution in [3.05, 3.63) is 0 Å². The Morgan fingerprint density at radius 2 is 2.45 bits per heavy atom. The fourth-order valence-electron chi connectivity index (χ4n) is 1.64. The predicted octanol–water partition coefficient (Wildman–Crippen LogP) is 0.250. The minimum atomic E-state index is -0.303. The molecule has 1 heterocycles. The average Bonchev–Trinajstić information content (AvgIpc) is 2.19. The van der Waals surface area contributed by atoms with Gasteiger partial charge in [0.25, 0.3) is 0 Å². The Kier molecular flexibility index (Phi) is 2.18. The van der Waals surface area contributed by atoms with Crippen LogP contribution in [0.25, 0.3) is 0 Å². The highest BCUT2D eigenvalue weighted by Crippen LogP contribution is 2.29. The summed E-state index contributed by atoms with van der Waals surface area (Å²) in [5.74, 6) is 0.000880. The lowest BCUT2D eigenvalue weighted by Crippen LogP contribution is -2.40. The molecular formula is C8H16N2O. The van der Waals surface area contributed by atoms with Gasteiger partial charge in [-0.2, -0.15) is 0 Å². The molecule has 3 heteroatoms. The van der Waals surface area contributed by atoms with E-state index in [0.29, 0.717) is 0 Å². The van der Waals surface area contributed by atoms with Crippen LogP contribution in [-0.2, 0) is 4.79 Å². The van der Waals surface area contributed by atoms with E-state index < -0.39 is 0 Å². The second kappa shape index (κ2) is 2.81. The van der Waals surface area contributed by atoms with Gasteiger partial charge in [0.2, 0.25) is 5.91 Å². The molecule has 3 N–H and O–H groups in total. The maximum atomic E-state index is 11.0. The fourth-order valence-corrected chi connectivity index (χ4v) is 1.64. The van der Waals surface area contributed by atoms with Gasteiger partial charge in [-0.25, -0.2) is 0 Å². The summed E-state index contributed by atoms with van der Waals surface area (Å²) in [6.45, 7) is 4.92. The molecular weight excluding hydrogens is 140 g/mol. The second-order valence-corrected chi connectivity index (χ2v) is 3.60. The second-order valence-electron chi connectivity index (χ2n) is 3.60. The molecule has 1 fully saturated rings. The first-order chi connectivity index (χ1) is 5.10. The Hall–Kier alpha value is -0.570. The van der Waals surface area contributed by atoms with Gasteiger partial charge in [-0.3, -0.25) is 4.79 Å². The maximum absolute atomic E-state index is 11.0. The third-order valence-electron chi connectivity index (χ3n) is 2.52. The third kappa shape index (κ3) is 1.38. The van der Waals surface area contributed by atoms with Crippen LogP contribution in [0.4, 0.5) is 0 Å². The zero-order valence-corrected chi connectivity index (χ0v) is 7.18. The van der Waals surface area contributed by atoms with E-state index in [0.717, 1.165) is 19.4 Å². The number of amides is 1. The largest absolute Gasteiger partial charge is 0.354 e. The number of carbonyl (C=O) groups excluding carboxylic acids is 1. The molecule has 0 aromatic rings. The molecule has 0 saturated carbocycles. The first-order valence-electron chi connectivity index (χ1n) is 4.13. The summed E-state index contributed by atoms with van der Waals surface area (Å²) >= 11 is 0. The molecule has 2 unspecified atom stereocenters. The number of carbonyl (C=O) groups is 1. The van der Waals surface area contributed by atoms with Gasteiger partial charge in [0, 0.05) is 12.0 Å². The quantitative estimate of drug-likeness (QED) is 0.602. The summed E-state index contributed by atoms with van der Waals surface area (Å²) in [6, 6.07) is -0.303. The molecule has 0 radical (unpaired) electrons. The molecule has 1 aliphatic heterocycles. The Morgan fingerprint density at radius 1 is 1.82 bits per heavy atom. The van der Waals surface area contributed by atoms with Crippen LogP contribution in [0, 0.1) is 5.41 Å². The number of rotatable bonds is 2. The van der Waals surface area contributed by atoms with Crippen molar-refractivity contribution >= 4 is 5.91 Å². The molecule has 0 aromatic carbocycles. The lowest BCUT2D eigenvalue weighted by Gasteiger charge is -2.25. The standard InChI is InChI=1S/C8H16N2O/c1-3-4-8(2)5-10-7(11)6(8)9/h6H,3-5,9H2,1-2H3,(H,10,11). The Morgan fingerprint density at radius 3 is 2.82 bits per heavy atom. The van der Waals surface area contributed by atoms with E-state index in [4.69, 9.17) is 5.73 Å². The van der Waals surface area contributed by atoms with Gasteiger partial charge >= 0.3 is 0 Å². The highest BCUT2D eigenvalue weighted by atomic mass is 16.2. The van der Waals surface area contributed by atoms with E-state index in [9.17, 15) is 4.79 Å².